The number of esters is 2. The summed E-state index contributed by atoms with van der Waals surface area (Å²) in [6, 6.07) is 11.4. The van der Waals surface area contributed by atoms with Crippen LogP contribution in [0.5, 0.6) is 34.5 Å². The lowest BCUT2D eigenvalue weighted by Crippen LogP contribution is -2.46. The van der Waals surface area contributed by atoms with Crippen molar-refractivity contribution in [3.8, 4) is 45.6 Å². The molecule has 1 aliphatic carbocycles. The Morgan fingerprint density at radius 2 is 1.59 bits per heavy atom. The molecule has 0 aromatic heterocycles. The summed E-state index contributed by atoms with van der Waals surface area (Å²) in [6.45, 7) is 3.29. The van der Waals surface area contributed by atoms with Gasteiger partial charge in [-0.15, -0.1) is 0 Å². The predicted molar refractivity (Wildman–Crippen MR) is 160 cm³/mol. The first kappa shape index (κ1) is 32.2. The van der Waals surface area contributed by atoms with Gasteiger partial charge < -0.3 is 48.1 Å². The number of methoxy groups -OCH3 is 3. The standard InChI is InChI=1S/C33H34O13/c1-16-26(46-32(37)18-10-8-7-9-11-18)19-12-22-28(44-15-43-22)30(42-14-23(35)36)24(19)25-20(31(33(16,3)38)45-17(2)34)13-21(39-4)27(40-5)29(25)41-6/h7-13,16,26,31,38H,14-15H2,1-6H3,(H,35,36)/t16-,26+,31-,33-/m0/s1. The maximum Gasteiger partial charge on any atom is 0.341 e. The van der Waals surface area contributed by atoms with Crippen molar-refractivity contribution in [1.82, 2.24) is 0 Å². The number of carboxylic acid groups (broad SMARTS) is 1. The van der Waals surface area contributed by atoms with Crippen LogP contribution in [0.3, 0.4) is 0 Å². The van der Waals surface area contributed by atoms with E-state index in [9.17, 15) is 24.6 Å². The number of carbonyl (C=O) groups excluding carboxylic acids is 2. The third-order valence-electron chi connectivity index (χ3n) is 8.12. The molecule has 3 aromatic carbocycles. The summed E-state index contributed by atoms with van der Waals surface area (Å²) in [4.78, 5) is 38.0. The van der Waals surface area contributed by atoms with Crippen molar-refractivity contribution in [1.29, 1.82) is 0 Å². The van der Waals surface area contributed by atoms with Crippen LogP contribution in [0.15, 0.2) is 42.5 Å². The van der Waals surface area contributed by atoms with Crippen molar-refractivity contribution in [2.45, 2.75) is 38.6 Å². The van der Waals surface area contributed by atoms with Gasteiger partial charge in [0.25, 0.3) is 0 Å². The molecule has 46 heavy (non-hydrogen) atoms. The predicted octanol–water partition coefficient (Wildman–Crippen LogP) is 4.47. The molecular weight excluding hydrogens is 604 g/mol. The molecule has 2 N–H and O–H groups in total. The van der Waals surface area contributed by atoms with Gasteiger partial charge in [-0.2, -0.15) is 0 Å². The molecule has 0 saturated heterocycles. The molecule has 0 radical (unpaired) electrons. The maximum atomic E-state index is 13.6. The minimum Gasteiger partial charge on any atom is -0.493 e. The molecule has 13 heteroatoms. The fourth-order valence-corrected chi connectivity index (χ4v) is 5.83. The highest BCUT2D eigenvalue weighted by atomic mass is 16.7. The normalized spacial score (nSPS) is 21.1. The van der Waals surface area contributed by atoms with E-state index in [4.69, 9.17) is 37.9 Å². The van der Waals surface area contributed by atoms with Crippen molar-refractivity contribution in [3.63, 3.8) is 0 Å². The fourth-order valence-electron chi connectivity index (χ4n) is 5.83. The van der Waals surface area contributed by atoms with E-state index < -0.39 is 48.2 Å². The molecule has 0 unspecified atom stereocenters. The highest BCUT2D eigenvalue weighted by molar-refractivity contribution is 5.92. The quantitative estimate of drug-likeness (QED) is 0.316. The van der Waals surface area contributed by atoms with Crippen LogP contribution in [0, 0.1) is 5.92 Å². The molecule has 0 bridgehead atoms. The van der Waals surface area contributed by atoms with E-state index in [1.54, 1.807) is 43.3 Å². The first-order valence-corrected chi connectivity index (χ1v) is 14.2. The number of rotatable bonds is 9. The number of ether oxygens (including phenoxy) is 8. The molecule has 3 aromatic rings. The zero-order valence-electron chi connectivity index (χ0n) is 26.1. The van der Waals surface area contributed by atoms with Crippen LogP contribution in [0.4, 0.5) is 0 Å². The Morgan fingerprint density at radius 3 is 2.20 bits per heavy atom. The van der Waals surface area contributed by atoms with Gasteiger partial charge in [0, 0.05) is 35.1 Å². The summed E-state index contributed by atoms with van der Waals surface area (Å²) in [7, 11) is 4.17. The second kappa shape index (κ2) is 12.7. The van der Waals surface area contributed by atoms with Crippen LogP contribution in [-0.4, -0.2) is 68.5 Å². The van der Waals surface area contributed by atoms with Crippen molar-refractivity contribution < 1.29 is 62.5 Å². The molecule has 0 saturated carbocycles. The second-order valence-corrected chi connectivity index (χ2v) is 10.9. The van der Waals surface area contributed by atoms with Gasteiger partial charge in [0.05, 0.1) is 26.9 Å². The first-order chi connectivity index (χ1) is 21.9. The zero-order valence-corrected chi connectivity index (χ0v) is 26.1. The number of hydrogen-bond acceptors (Lipinski definition) is 12. The Kier molecular flexibility index (Phi) is 8.88. The van der Waals surface area contributed by atoms with Crippen LogP contribution in [-0.2, 0) is 19.1 Å². The number of aliphatic hydroxyl groups is 1. The number of carboxylic acids is 1. The minimum absolute atomic E-state index is 0.0628. The van der Waals surface area contributed by atoms with Crippen LogP contribution >= 0.6 is 0 Å². The number of benzene rings is 3. The molecule has 0 amide bonds. The molecule has 0 spiro atoms. The highest BCUT2D eigenvalue weighted by Gasteiger charge is 2.51. The minimum atomic E-state index is -1.91. The summed E-state index contributed by atoms with van der Waals surface area (Å²) >= 11 is 0. The van der Waals surface area contributed by atoms with E-state index in [1.165, 1.54) is 41.2 Å². The van der Waals surface area contributed by atoms with Crippen LogP contribution < -0.4 is 28.4 Å². The van der Waals surface area contributed by atoms with E-state index in [2.05, 4.69) is 0 Å². The average Bonchev–Trinajstić information content (AvgIpc) is 3.51. The Morgan fingerprint density at radius 1 is 0.913 bits per heavy atom. The molecule has 5 rings (SSSR count). The second-order valence-electron chi connectivity index (χ2n) is 10.9. The molecule has 4 atom stereocenters. The maximum absolute atomic E-state index is 13.6. The molecule has 1 aliphatic heterocycles. The fraction of sp³-hybridized carbons (Fsp3) is 0.364. The van der Waals surface area contributed by atoms with E-state index in [-0.39, 0.29) is 69.1 Å². The van der Waals surface area contributed by atoms with E-state index in [0.717, 1.165) is 0 Å². The van der Waals surface area contributed by atoms with Gasteiger partial charge in [0.2, 0.25) is 18.3 Å². The summed E-state index contributed by atoms with van der Waals surface area (Å²) in [5, 5.41) is 21.9. The van der Waals surface area contributed by atoms with Gasteiger partial charge in [-0.05, 0) is 31.2 Å². The number of carbonyl (C=O) groups is 3. The number of hydrogen-bond donors (Lipinski definition) is 2. The highest BCUT2D eigenvalue weighted by Crippen LogP contribution is 2.61. The molecular formula is C33H34O13. The summed E-state index contributed by atoms with van der Waals surface area (Å²) in [5.74, 6) is -3.13. The van der Waals surface area contributed by atoms with E-state index >= 15 is 0 Å². The van der Waals surface area contributed by atoms with E-state index in [1.807, 2.05) is 0 Å². The van der Waals surface area contributed by atoms with Crippen molar-refractivity contribution >= 4 is 17.9 Å². The number of aliphatic carboxylic acids is 1. The Hall–Kier alpha value is -5.17. The summed E-state index contributed by atoms with van der Waals surface area (Å²) in [6.07, 6.45) is -2.67. The largest absolute Gasteiger partial charge is 0.493 e. The summed E-state index contributed by atoms with van der Waals surface area (Å²) < 4.78 is 46.5. The smallest absolute Gasteiger partial charge is 0.341 e. The lowest BCUT2D eigenvalue weighted by atomic mass is 9.71. The van der Waals surface area contributed by atoms with Crippen LogP contribution in [0.25, 0.3) is 11.1 Å². The SMILES string of the molecule is COc1cc2c(c(OC)c1OC)-c1c(cc3c(c1OCC(=O)O)OCO3)[C@H](OC(=O)c1ccccc1)[C@H](C)[C@](C)(O)[C@H]2OC(C)=O. The van der Waals surface area contributed by atoms with Gasteiger partial charge in [0.15, 0.2) is 35.7 Å². The van der Waals surface area contributed by atoms with Crippen LogP contribution in [0.2, 0.25) is 0 Å². The lowest BCUT2D eigenvalue weighted by molar-refractivity contribution is -0.176. The van der Waals surface area contributed by atoms with Gasteiger partial charge >= 0.3 is 17.9 Å². The molecule has 244 valence electrons. The Labute approximate surface area is 264 Å². The monoisotopic (exact) mass is 638 g/mol. The number of fused-ring (bicyclic) bond motifs is 4. The van der Waals surface area contributed by atoms with Gasteiger partial charge in [0.1, 0.15) is 11.7 Å². The first-order valence-electron chi connectivity index (χ1n) is 14.2. The summed E-state index contributed by atoms with van der Waals surface area (Å²) in [5.41, 5.74) is -0.869. The Bertz CT molecular complexity index is 1660. The van der Waals surface area contributed by atoms with Crippen molar-refractivity contribution in [2.75, 3.05) is 34.7 Å². The van der Waals surface area contributed by atoms with E-state index in [0.29, 0.717) is 0 Å². The lowest BCUT2D eigenvalue weighted by Gasteiger charge is -2.43. The van der Waals surface area contributed by atoms with Gasteiger partial charge in [-0.1, -0.05) is 25.1 Å². The molecule has 1 heterocycles. The molecule has 2 aliphatic rings. The topological polar surface area (TPSA) is 166 Å². The third kappa shape index (κ3) is 5.58. The average molecular weight is 639 g/mol. The zero-order chi connectivity index (χ0) is 33.3. The van der Waals surface area contributed by atoms with Crippen LogP contribution in [0.1, 0.15) is 54.5 Å². The third-order valence-corrected chi connectivity index (χ3v) is 8.12. The van der Waals surface area contributed by atoms with Crippen molar-refractivity contribution in [2.24, 2.45) is 5.92 Å². The molecule has 13 nitrogen and oxygen atoms in total. The van der Waals surface area contributed by atoms with Crippen molar-refractivity contribution in [3.05, 3.63) is 59.2 Å². The molecule has 0 fully saturated rings. The Balaban J connectivity index is 1.95. The van der Waals surface area contributed by atoms with Gasteiger partial charge in [-0.3, -0.25) is 4.79 Å². The van der Waals surface area contributed by atoms with Gasteiger partial charge in [-0.25, -0.2) is 9.59 Å².